The largest absolute Gasteiger partial charge is 0.433 e. The number of aryl methyl sites for hydroxylation is 1. The van der Waals surface area contributed by atoms with Crippen molar-refractivity contribution in [3.05, 3.63) is 17.5 Å². The number of likely N-dealkylation sites (N-methyl/N-ethyl adjacent to an activating group) is 1. The van der Waals surface area contributed by atoms with Crippen LogP contribution in [0, 0.1) is 6.92 Å². The third-order valence-electron chi connectivity index (χ3n) is 3.13. The monoisotopic (exact) mass is 306 g/mol. The molecule has 1 aromatic heterocycles. The summed E-state index contributed by atoms with van der Waals surface area (Å²) in [7, 11) is 0. The molecule has 21 heavy (non-hydrogen) atoms. The lowest BCUT2D eigenvalue weighted by Crippen LogP contribution is -2.36. The van der Waals surface area contributed by atoms with Gasteiger partial charge in [0.15, 0.2) is 0 Å². The normalized spacial score (nSPS) is 12.0. The Kier molecular flexibility index (Phi) is 6.19. The van der Waals surface area contributed by atoms with Gasteiger partial charge in [0.2, 0.25) is 5.91 Å². The number of carbonyl (C=O) groups excluding carboxylic acids is 1. The van der Waals surface area contributed by atoms with E-state index in [1.54, 1.807) is 0 Å². The molecular formula is C13H21F3N4O. The molecule has 0 aliphatic rings. The Balaban J connectivity index is 2.56. The van der Waals surface area contributed by atoms with E-state index in [0.29, 0.717) is 17.8 Å². The second-order valence-corrected chi connectivity index (χ2v) is 4.70. The first-order valence-corrected chi connectivity index (χ1v) is 6.88. The second kappa shape index (κ2) is 7.44. The third kappa shape index (κ3) is 5.37. The molecule has 120 valence electrons. The number of halogens is 3. The predicted molar refractivity (Wildman–Crippen MR) is 72.8 cm³/mol. The van der Waals surface area contributed by atoms with Crippen LogP contribution < -0.4 is 5.32 Å². The van der Waals surface area contributed by atoms with Gasteiger partial charge in [-0.2, -0.15) is 18.3 Å². The average molecular weight is 306 g/mol. The van der Waals surface area contributed by atoms with Gasteiger partial charge in [-0.05, 0) is 26.1 Å². The number of carbonyl (C=O) groups is 1. The average Bonchev–Trinajstić information content (AvgIpc) is 2.75. The fourth-order valence-electron chi connectivity index (χ4n) is 1.98. The number of aromatic nitrogens is 2. The van der Waals surface area contributed by atoms with Crippen molar-refractivity contribution in [3.8, 4) is 0 Å². The SMILES string of the molecule is CCN(CC)CCNC(=O)Cn1nc(C)cc1C(F)(F)F. The first-order chi connectivity index (χ1) is 9.77. The molecule has 8 heteroatoms. The van der Waals surface area contributed by atoms with Crippen molar-refractivity contribution in [2.45, 2.75) is 33.5 Å². The lowest BCUT2D eigenvalue weighted by molar-refractivity contribution is -0.144. The van der Waals surface area contributed by atoms with Gasteiger partial charge in [-0.15, -0.1) is 0 Å². The van der Waals surface area contributed by atoms with Crippen LogP contribution in [0.4, 0.5) is 13.2 Å². The van der Waals surface area contributed by atoms with Gasteiger partial charge in [0, 0.05) is 13.1 Å². The quantitative estimate of drug-likeness (QED) is 0.833. The fraction of sp³-hybridized carbons (Fsp3) is 0.692. The zero-order chi connectivity index (χ0) is 16.0. The summed E-state index contributed by atoms with van der Waals surface area (Å²) in [6.45, 7) is 7.85. The van der Waals surface area contributed by atoms with Crippen molar-refractivity contribution in [3.63, 3.8) is 0 Å². The summed E-state index contributed by atoms with van der Waals surface area (Å²) in [5, 5.41) is 6.33. The van der Waals surface area contributed by atoms with Gasteiger partial charge in [0.05, 0.1) is 5.69 Å². The molecule has 0 aliphatic heterocycles. The predicted octanol–water partition coefficient (Wildman–Crippen LogP) is 1.67. The van der Waals surface area contributed by atoms with Crippen molar-refractivity contribution >= 4 is 5.91 Å². The molecule has 1 heterocycles. The first-order valence-electron chi connectivity index (χ1n) is 6.88. The van der Waals surface area contributed by atoms with Crippen molar-refractivity contribution in [1.29, 1.82) is 0 Å². The highest BCUT2D eigenvalue weighted by atomic mass is 19.4. The van der Waals surface area contributed by atoms with Crippen LogP contribution >= 0.6 is 0 Å². The first kappa shape index (κ1) is 17.5. The minimum absolute atomic E-state index is 0.235. The molecule has 0 aliphatic carbocycles. The molecule has 0 aromatic carbocycles. The fourth-order valence-corrected chi connectivity index (χ4v) is 1.98. The highest BCUT2D eigenvalue weighted by molar-refractivity contribution is 5.75. The molecule has 1 rings (SSSR count). The molecule has 0 atom stereocenters. The third-order valence-corrected chi connectivity index (χ3v) is 3.13. The van der Waals surface area contributed by atoms with Crippen LogP contribution in [0.1, 0.15) is 25.2 Å². The smallest absolute Gasteiger partial charge is 0.353 e. The van der Waals surface area contributed by atoms with Crippen LogP contribution in [-0.2, 0) is 17.5 Å². The van der Waals surface area contributed by atoms with Crippen LogP contribution in [0.15, 0.2) is 6.07 Å². The van der Waals surface area contributed by atoms with Gasteiger partial charge < -0.3 is 10.2 Å². The molecule has 0 fully saturated rings. The summed E-state index contributed by atoms with van der Waals surface area (Å²) in [5.41, 5.74) is -0.669. The molecule has 1 aromatic rings. The molecule has 1 N–H and O–H groups in total. The van der Waals surface area contributed by atoms with E-state index in [9.17, 15) is 18.0 Å². The lowest BCUT2D eigenvalue weighted by Gasteiger charge is -2.18. The standard InChI is InChI=1S/C13H21F3N4O/c1-4-19(5-2)7-6-17-12(21)9-20-11(13(14,15)16)8-10(3)18-20/h8H,4-7,9H2,1-3H3,(H,17,21). The highest BCUT2D eigenvalue weighted by Gasteiger charge is 2.35. The zero-order valence-electron chi connectivity index (χ0n) is 12.5. The van der Waals surface area contributed by atoms with E-state index in [2.05, 4.69) is 15.3 Å². The molecule has 0 unspecified atom stereocenters. The van der Waals surface area contributed by atoms with E-state index in [-0.39, 0.29) is 5.69 Å². The molecule has 0 radical (unpaired) electrons. The van der Waals surface area contributed by atoms with Gasteiger partial charge in [0.1, 0.15) is 12.2 Å². The molecule has 0 saturated carbocycles. The Labute approximate surface area is 122 Å². The van der Waals surface area contributed by atoms with E-state index >= 15 is 0 Å². The summed E-state index contributed by atoms with van der Waals surface area (Å²) in [4.78, 5) is 13.8. The van der Waals surface area contributed by atoms with Crippen LogP contribution in [0.25, 0.3) is 0 Å². The number of hydrogen-bond acceptors (Lipinski definition) is 3. The lowest BCUT2D eigenvalue weighted by atomic mass is 10.3. The van der Waals surface area contributed by atoms with E-state index in [1.165, 1.54) is 6.92 Å². The summed E-state index contributed by atoms with van der Waals surface area (Å²) >= 11 is 0. The van der Waals surface area contributed by atoms with Crippen molar-refractivity contribution in [2.24, 2.45) is 0 Å². The topological polar surface area (TPSA) is 50.2 Å². The Bertz CT molecular complexity index is 466. The van der Waals surface area contributed by atoms with Gasteiger partial charge >= 0.3 is 6.18 Å². The number of hydrogen-bond donors (Lipinski definition) is 1. The molecule has 5 nitrogen and oxygen atoms in total. The Morgan fingerprint density at radius 1 is 1.38 bits per heavy atom. The maximum absolute atomic E-state index is 12.8. The van der Waals surface area contributed by atoms with E-state index in [1.807, 2.05) is 13.8 Å². The van der Waals surface area contributed by atoms with E-state index < -0.39 is 24.3 Å². The maximum Gasteiger partial charge on any atom is 0.433 e. The maximum atomic E-state index is 12.8. The summed E-state index contributed by atoms with van der Waals surface area (Å²) < 4.78 is 39.0. The van der Waals surface area contributed by atoms with E-state index in [4.69, 9.17) is 0 Å². The molecule has 1 amide bonds. The second-order valence-electron chi connectivity index (χ2n) is 4.70. The van der Waals surface area contributed by atoms with Gasteiger partial charge in [-0.25, -0.2) is 0 Å². The summed E-state index contributed by atoms with van der Waals surface area (Å²) in [6, 6.07) is 0.934. The van der Waals surface area contributed by atoms with Crippen molar-refractivity contribution in [1.82, 2.24) is 20.0 Å². The Morgan fingerprint density at radius 2 is 2.00 bits per heavy atom. The minimum Gasteiger partial charge on any atom is -0.353 e. The van der Waals surface area contributed by atoms with Crippen molar-refractivity contribution in [2.75, 3.05) is 26.2 Å². The van der Waals surface area contributed by atoms with Gasteiger partial charge in [-0.3, -0.25) is 9.48 Å². The zero-order valence-corrected chi connectivity index (χ0v) is 12.5. The summed E-state index contributed by atoms with van der Waals surface area (Å²) in [5.74, 6) is -0.476. The molecule has 0 saturated heterocycles. The van der Waals surface area contributed by atoms with Gasteiger partial charge in [0.25, 0.3) is 0 Å². The molecule has 0 bridgehead atoms. The van der Waals surface area contributed by atoms with Crippen LogP contribution in [0.5, 0.6) is 0 Å². The summed E-state index contributed by atoms with van der Waals surface area (Å²) in [6.07, 6.45) is -4.51. The number of amides is 1. The number of nitrogens with one attached hydrogen (secondary N) is 1. The van der Waals surface area contributed by atoms with Crippen LogP contribution in [0.3, 0.4) is 0 Å². The van der Waals surface area contributed by atoms with Crippen LogP contribution in [-0.4, -0.2) is 46.8 Å². The van der Waals surface area contributed by atoms with Gasteiger partial charge in [-0.1, -0.05) is 13.8 Å². The highest BCUT2D eigenvalue weighted by Crippen LogP contribution is 2.29. The number of nitrogens with zero attached hydrogens (tertiary/aromatic N) is 3. The molecular weight excluding hydrogens is 285 g/mol. The minimum atomic E-state index is -4.51. The Morgan fingerprint density at radius 3 is 2.52 bits per heavy atom. The number of alkyl halides is 3. The molecule has 0 spiro atoms. The van der Waals surface area contributed by atoms with E-state index in [0.717, 1.165) is 19.2 Å². The Hall–Kier alpha value is -1.57. The van der Waals surface area contributed by atoms with Crippen LogP contribution in [0.2, 0.25) is 0 Å². The van der Waals surface area contributed by atoms with Crippen molar-refractivity contribution < 1.29 is 18.0 Å². The number of rotatable bonds is 7.